The quantitative estimate of drug-likeness (QED) is 0.229. The number of carbonyl (C=O) groups is 4. The molecule has 0 bridgehead atoms. The Morgan fingerprint density at radius 3 is 1.57 bits per heavy atom. The first kappa shape index (κ1) is 35.3. The third kappa shape index (κ3) is 14.6. The molecule has 4 heterocycles. The number of ether oxygens (including phenoxy) is 10. The summed E-state index contributed by atoms with van der Waals surface area (Å²) in [6.07, 6.45) is -1.76. The number of hydrogen-bond acceptors (Lipinski definition) is 17. The summed E-state index contributed by atoms with van der Waals surface area (Å²) in [5, 5.41) is 8.33. The van der Waals surface area contributed by atoms with Crippen molar-refractivity contribution in [1.82, 2.24) is 0 Å². The summed E-state index contributed by atoms with van der Waals surface area (Å²) in [6.45, 7) is 9.38. The number of cyclic esters (lactones) is 8. The van der Waals surface area contributed by atoms with E-state index in [1.54, 1.807) is 13.4 Å². The van der Waals surface area contributed by atoms with E-state index in [2.05, 4.69) is 28.4 Å². The summed E-state index contributed by atoms with van der Waals surface area (Å²) in [4.78, 5) is 41.3. The maximum atomic E-state index is 10.7. The van der Waals surface area contributed by atoms with E-state index >= 15 is 0 Å². The Balaban J connectivity index is 0.000000271. The van der Waals surface area contributed by atoms with E-state index in [-0.39, 0.29) is 44.2 Å². The standard InChI is InChI=1S/C9H16O4.C5H8O4S.C5H8O4.C4H6O4/c1-6(2)13-9(3,4)7-5-11-8(10)12-7;1-10-8-3-4-2-7-5(6)9-4;1-7-2-4-3-8-5(6)9-4;5-1-3-2-7-4(6)8-3/h6-7H,5H2,1-4H3;4H,2-3H2,1H3;4H,2-3H2,1H3;3,5H,1-2H2. The van der Waals surface area contributed by atoms with E-state index in [9.17, 15) is 19.2 Å². The molecule has 0 aromatic rings. The van der Waals surface area contributed by atoms with Crippen molar-refractivity contribution < 1.29 is 75.8 Å². The van der Waals surface area contributed by atoms with E-state index in [1.807, 2.05) is 27.7 Å². The SMILES string of the molecule is CC(C)OC(C)(C)C1COC(=O)O1.COCC1COC(=O)O1.CSOCC1COC(=O)O1.O=C1OCC(CO)O1. The van der Waals surface area contributed by atoms with Gasteiger partial charge in [-0.3, -0.25) is 0 Å². The van der Waals surface area contributed by atoms with E-state index in [0.717, 1.165) is 0 Å². The van der Waals surface area contributed by atoms with Gasteiger partial charge in [-0.2, -0.15) is 0 Å². The summed E-state index contributed by atoms with van der Waals surface area (Å²) in [5.41, 5.74) is -0.486. The molecule has 1 N–H and O–H groups in total. The molecule has 4 aliphatic rings. The van der Waals surface area contributed by atoms with Crippen LogP contribution in [0.5, 0.6) is 0 Å². The molecule has 0 aliphatic carbocycles. The summed E-state index contributed by atoms with van der Waals surface area (Å²) in [7, 11) is 1.55. The van der Waals surface area contributed by atoms with Crippen molar-refractivity contribution in [2.24, 2.45) is 0 Å². The van der Waals surface area contributed by atoms with Gasteiger partial charge in [-0.15, -0.1) is 0 Å². The second-order valence-electron chi connectivity index (χ2n) is 8.93. The maximum absolute atomic E-state index is 10.7. The Morgan fingerprint density at radius 1 is 0.800 bits per heavy atom. The molecule has 0 saturated carbocycles. The number of aliphatic hydroxyl groups excluding tert-OH is 1. The van der Waals surface area contributed by atoms with Crippen molar-refractivity contribution in [3.63, 3.8) is 0 Å². The Bertz CT molecular complexity index is 791. The molecule has 0 amide bonds. The van der Waals surface area contributed by atoms with Crippen LogP contribution in [-0.4, -0.2) is 125 Å². The van der Waals surface area contributed by atoms with E-state index in [0.29, 0.717) is 26.4 Å². The van der Waals surface area contributed by atoms with Crippen molar-refractivity contribution >= 4 is 36.7 Å². The Morgan fingerprint density at radius 2 is 1.25 bits per heavy atom. The zero-order valence-corrected chi connectivity index (χ0v) is 24.1. The number of rotatable bonds is 9. The molecule has 0 aromatic heterocycles. The van der Waals surface area contributed by atoms with Gasteiger partial charge in [-0.25, -0.2) is 19.2 Å². The molecule has 4 atom stereocenters. The van der Waals surface area contributed by atoms with Gasteiger partial charge in [0.1, 0.15) is 38.6 Å². The lowest BCUT2D eigenvalue weighted by Gasteiger charge is -2.30. The average molecular weight is 603 g/mol. The van der Waals surface area contributed by atoms with Crippen LogP contribution in [0.25, 0.3) is 0 Å². The van der Waals surface area contributed by atoms with Gasteiger partial charge >= 0.3 is 24.6 Å². The Kier molecular flexibility index (Phi) is 16.4. The maximum Gasteiger partial charge on any atom is 0.508 e. The minimum atomic E-state index is -0.691. The van der Waals surface area contributed by atoms with Gasteiger partial charge in [0.25, 0.3) is 0 Å². The first-order valence-corrected chi connectivity index (χ1v) is 13.3. The third-order valence-corrected chi connectivity index (χ3v) is 5.16. The number of hydrogen-bond donors (Lipinski definition) is 1. The molecule has 16 nitrogen and oxygen atoms in total. The van der Waals surface area contributed by atoms with E-state index < -0.39 is 36.3 Å². The predicted molar refractivity (Wildman–Crippen MR) is 134 cm³/mol. The van der Waals surface area contributed by atoms with Crippen molar-refractivity contribution in [2.75, 3.05) is 59.6 Å². The molecule has 0 aromatic carbocycles. The van der Waals surface area contributed by atoms with E-state index in [1.165, 1.54) is 12.0 Å². The van der Waals surface area contributed by atoms with Crippen LogP contribution in [0.2, 0.25) is 0 Å². The summed E-state index contributed by atoms with van der Waals surface area (Å²) in [5.74, 6) is 0. The molecular formula is C23H38O16S. The molecule has 4 unspecified atom stereocenters. The highest BCUT2D eigenvalue weighted by Gasteiger charge is 2.40. The lowest BCUT2D eigenvalue weighted by atomic mass is 10.0. The van der Waals surface area contributed by atoms with Crippen LogP contribution in [0.15, 0.2) is 0 Å². The normalized spacial score (nSPS) is 24.7. The van der Waals surface area contributed by atoms with Gasteiger partial charge in [-0.05, 0) is 39.7 Å². The Hall–Kier alpha value is -2.73. The molecule has 4 rings (SSSR count). The second kappa shape index (κ2) is 18.6. The van der Waals surface area contributed by atoms with Crippen molar-refractivity contribution in [3.8, 4) is 0 Å². The van der Waals surface area contributed by atoms with Crippen molar-refractivity contribution in [1.29, 1.82) is 0 Å². The van der Waals surface area contributed by atoms with Gasteiger partial charge < -0.3 is 56.7 Å². The lowest BCUT2D eigenvalue weighted by molar-refractivity contribution is -0.115. The van der Waals surface area contributed by atoms with Gasteiger partial charge in [0.15, 0.2) is 24.4 Å². The number of carbonyl (C=O) groups excluding carboxylic acids is 4. The fourth-order valence-electron chi connectivity index (χ4n) is 3.03. The first-order chi connectivity index (χ1) is 18.9. The van der Waals surface area contributed by atoms with Gasteiger partial charge in [0, 0.05) is 13.4 Å². The van der Waals surface area contributed by atoms with Crippen LogP contribution < -0.4 is 0 Å². The van der Waals surface area contributed by atoms with Crippen molar-refractivity contribution in [3.05, 3.63) is 0 Å². The fourth-order valence-corrected chi connectivity index (χ4v) is 3.32. The topological polar surface area (TPSA) is 190 Å². The van der Waals surface area contributed by atoms with Crippen molar-refractivity contribution in [2.45, 2.75) is 63.8 Å². The second-order valence-corrected chi connectivity index (χ2v) is 9.50. The highest BCUT2D eigenvalue weighted by atomic mass is 32.2. The monoisotopic (exact) mass is 602 g/mol. The third-order valence-electron chi connectivity index (χ3n) is 4.78. The summed E-state index contributed by atoms with van der Waals surface area (Å²) >= 11 is 1.24. The minimum Gasteiger partial charge on any atom is -0.430 e. The van der Waals surface area contributed by atoms with Crippen LogP contribution in [0.4, 0.5) is 19.2 Å². The largest absolute Gasteiger partial charge is 0.508 e. The van der Waals surface area contributed by atoms with Gasteiger partial charge in [0.2, 0.25) is 0 Å². The smallest absolute Gasteiger partial charge is 0.430 e. The number of methoxy groups -OCH3 is 1. The molecule has 17 heteroatoms. The predicted octanol–water partition coefficient (Wildman–Crippen LogP) is 2.22. The molecule has 4 saturated heterocycles. The van der Waals surface area contributed by atoms with Gasteiger partial charge in [-0.1, -0.05) is 0 Å². The van der Waals surface area contributed by atoms with E-state index in [4.69, 9.17) is 28.2 Å². The molecule has 232 valence electrons. The van der Waals surface area contributed by atoms with Crippen LogP contribution in [0, 0.1) is 0 Å². The molecule has 4 fully saturated rings. The molecular weight excluding hydrogens is 564 g/mol. The van der Waals surface area contributed by atoms with Gasteiger partial charge in [0.05, 0.1) is 19.3 Å². The Labute approximate surface area is 236 Å². The lowest BCUT2D eigenvalue weighted by Crippen LogP contribution is -2.42. The summed E-state index contributed by atoms with van der Waals surface area (Å²) < 4.78 is 51.9. The van der Waals surface area contributed by atoms with Crippen LogP contribution in [0.3, 0.4) is 0 Å². The van der Waals surface area contributed by atoms with Crippen LogP contribution >= 0.6 is 12.0 Å². The van der Waals surface area contributed by atoms with Crippen LogP contribution in [0.1, 0.15) is 27.7 Å². The first-order valence-electron chi connectivity index (χ1n) is 12.2. The average Bonchev–Trinajstić information content (AvgIpc) is 3.68. The fraction of sp³-hybridized carbons (Fsp3) is 0.826. The molecule has 0 radical (unpaired) electrons. The summed E-state index contributed by atoms with van der Waals surface area (Å²) in [6, 6.07) is 0. The molecule has 40 heavy (non-hydrogen) atoms. The zero-order chi connectivity index (χ0) is 30.1. The highest BCUT2D eigenvalue weighted by Crippen LogP contribution is 2.24. The molecule has 4 aliphatic heterocycles. The van der Waals surface area contributed by atoms with Crippen LogP contribution in [-0.2, 0) is 51.6 Å². The zero-order valence-electron chi connectivity index (χ0n) is 23.3. The molecule has 0 spiro atoms. The highest BCUT2D eigenvalue weighted by molar-refractivity contribution is 7.93. The minimum absolute atomic E-state index is 0.106. The number of aliphatic hydroxyl groups is 1.